The summed E-state index contributed by atoms with van der Waals surface area (Å²) in [7, 11) is 0. The number of nitrogens with zero attached hydrogens (tertiary/aromatic N) is 3. The predicted octanol–water partition coefficient (Wildman–Crippen LogP) is 4.08. The molecule has 150 valence electrons. The first kappa shape index (κ1) is 19.2. The molecule has 1 N–H and O–H groups in total. The molecule has 1 aromatic heterocycles. The summed E-state index contributed by atoms with van der Waals surface area (Å²) in [5.74, 6) is 0.0601. The lowest BCUT2D eigenvalue weighted by Gasteiger charge is -2.26. The zero-order valence-corrected chi connectivity index (χ0v) is 17.3. The Kier molecular flexibility index (Phi) is 5.28. The van der Waals surface area contributed by atoms with E-state index in [1.54, 1.807) is 0 Å². The Balaban J connectivity index is 1.50. The highest BCUT2D eigenvalue weighted by molar-refractivity contribution is 5.92. The van der Waals surface area contributed by atoms with Gasteiger partial charge < -0.3 is 10.2 Å². The van der Waals surface area contributed by atoms with Crippen LogP contribution in [0.1, 0.15) is 80.2 Å². The fraction of sp³-hybridized carbons (Fsp3) is 0.565. The van der Waals surface area contributed by atoms with Crippen LogP contribution in [0.15, 0.2) is 36.5 Å². The van der Waals surface area contributed by atoms with Crippen molar-refractivity contribution >= 4 is 5.91 Å². The van der Waals surface area contributed by atoms with Crippen molar-refractivity contribution in [3.8, 4) is 0 Å². The van der Waals surface area contributed by atoms with Gasteiger partial charge in [0.1, 0.15) is 5.69 Å². The van der Waals surface area contributed by atoms with Crippen molar-refractivity contribution in [3.63, 3.8) is 0 Å². The van der Waals surface area contributed by atoms with E-state index in [1.165, 1.54) is 11.1 Å². The van der Waals surface area contributed by atoms with Crippen molar-refractivity contribution in [3.05, 3.63) is 53.3 Å². The number of carbonyl (C=O) groups excluding carboxylic acids is 1. The molecule has 2 fully saturated rings. The molecule has 2 aliphatic rings. The lowest BCUT2D eigenvalue weighted by molar-refractivity contribution is 0.0728. The number of aromatic nitrogens is 2. The SMILES string of the molecule is CC(C)(C)c1ccc(C2CCCN2C(=O)c2ccn(C3CCCNC3)n2)cc1. The number of rotatable bonds is 3. The Morgan fingerprint density at radius 2 is 1.89 bits per heavy atom. The molecule has 0 radical (unpaired) electrons. The summed E-state index contributed by atoms with van der Waals surface area (Å²) in [5.41, 5.74) is 3.27. The fourth-order valence-corrected chi connectivity index (χ4v) is 4.42. The molecule has 2 unspecified atom stereocenters. The molecular weight excluding hydrogens is 348 g/mol. The van der Waals surface area contributed by atoms with E-state index in [2.05, 4.69) is 55.5 Å². The van der Waals surface area contributed by atoms with Gasteiger partial charge in [0.25, 0.3) is 5.91 Å². The van der Waals surface area contributed by atoms with Gasteiger partial charge in [-0.1, -0.05) is 45.0 Å². The number of hydrogen-bond acceptors (Lipinski definition) is 3. The summed E-state index contributed by atoms with van der Waals surface area (Å²) in [6.45, 7) is 9.50. The van der Waals surface area contributed by atoms with Gasteiger partial charge in [0, 0.05) is 19.3 Å². The van der Waals surface area contributed by atoms with Gasteiger partial charge in [0.2, 0.25) is 0 Å². The Morgan fingerprint density at radius 3 is 2.57 bits per heavy atom. The van der Waals surface area contributed by atoms with Crippen LogP contribution in [0.4, 0.5) is 0 Å². The van der Waals surface area contributed by atoms with Gasteiger partial charge in [0.15, 0.2) is 0 Å². The molecule has 3 heterocycles. The number of hydrogen-bond donors (Lipinski definition) is 1. The second kappa shape index (κ2) is 7.70. The van der Waals surface area contributed by atoms with E-state index >= 15 is 0 Å². The molecule has 0 saturated carbocycles. The van der Waals surface area contributed by atoms with Crippen molar-refractivity contribution in [2.75, 3.05) is 19.6 Å². The average molecular weight is 381 g/mol. The molecule has 2 atom stereocenters. The Morgan fingerprint density at radius 1 is 1.11 bits per heavy atom. The zero-order chi connectivity index (χ0) is 19.7. The fourth-order valence-electron chi connectivity index (χ4n) is 4.42. The Bertz CT molecular complexity index is 812. The molecular formula is C23H32N4O. The Labute approximate surface area is 168 Å². The third-order valence-corrected chi connectivity index (χ3v) is 6.15. The molecule has 0 aliphatic carbocycles. The maximum atomic E-state index is 13.2. The minimum atomic E-state index is 0.0601. The molecule has 5 heteroatoms. The van der Waals surface area contributed by atoms with E-state index in [-0.39, 0.29) is 17.4 Å². The van der Waals surface area contributed by atoms with E-state index in [0.717, 1.165) is 45.3 Å². The number of benzene rings is 1. The third-order valence-electron chi connectivity index (χ3n) is 6.15. The topological polar surface area (TPSA) is 50.2 Å². The van der Waals surface area contributed by atoms with Crippen LogP contribution in [0, 0.1) is 0 Å². The lowest BCUT2D eigenvalue weighted by Crippen LogP contribution is -2.33. The van der Waals surface area contributed by atoms with E-state index < -0.39 is 0 Å². The summed E-state index contributed by atoms with van der Waals surface area (Å²) in [6.07, 6.45) is 6.31. The lowest BCUT2D eigenvalue weighted by atomic mass is 9.86. The molecule has 2 saturated heterocycles. The molecule has 1 amide bonds. The quantitative estimate of drug-likeness (QED) is 0.873. The maximum absolute atomic E-state index is 13.2. The van der Waals surface area contributed by atoms with Gasteiger partial charge in [-0.05, 0) is 54.8 Å². The van der Waals surface area contributed by atoms with Gasteiger partial charge in [-0.2, -0.15) is 5.10 Å². The van der Waals surface area contributed by atoms with E-state index in [9.17, 15) is 4.79 Å². The standard InChI is InChI=1S/C23H32N4O/c1-23(2,3)18-10-8-17(9-11-18)21-7-5-14-26(21)22(28)20-12-15-27(25-20)19-6-4-13-24-16-19/h8-12,15,19,21,24H,4-7,13-14,16H2,1-3H3. The average Bonchev–Trinajstić information content (AvgIpc) is 3.37. The first-order valence-corrected chi connectivity index (χ1v) is 10.6. The van der Waals surface area contributed by atoms with Crippen molar-refractivity contribution < 1.29 is 4.79 Å². The Hall–Kier alpha value is -2.14. The van der Waals surface area contributed by atoms with Crippen LogP contribution in [0.2, 0.25) is 0 Å². The van der Waals surface area contributed by atoms with Gasteiger partial charge >= 0.3 is 0 Å². The van der Waals surface area contributed by atoms with Crippen LogP contribution in [0.5, 0.6) is 0 Å². The highest BCUT2D eigenvalue weighted by Crippen LogP contribution is 2.34. The second-order valence-electron chi connectivity index (χ2n) is 9.21. The summed E-state index contributed by atoms with van der Waals surface area (Å²) < 4.78 is 1.97. The summed E-state index contributed by atoms with van der Waals surface area (Å²) in [6, 6.07) is 11.2. The molecule has 1 aromatic carbocycles. The van der Waals surface area contributed by atoms with Crippen LogP contribution in [0.25, 0.3) is 0 Å². The molecule has 2 aromatic rings. The van der Waals surface area contributed by atoms with E-state index in [4.69, 9.17) is 0 Å². The molecule has 2 aliphatic heterocycles. The summed E-state index contributed by atoms with van der Waals surface area (Å²) in [5, 5.41) is 8.05. The number of piperidine rings is 1. The molecule has 0 spiro atoms. The molecule has 28 heavy (non-hydrogen) atoms. The largest absolute Gasteiger partial charge is 0.330 e. The van der Waals surface area contributed by atoms with Crippen LogP contribution >= 0.6 is 0 Å². The van der Waals surface area contributed by atoms with E-state index in [0.29, 0.717) is 11.7 Å². The molecule has 4 rings (SSSR count). The minimum Gasteiger partial charge on any atom is -0.330 e. The number of carbonyl (C=O) groups is 1. The van der Waals surface area contributed by atoms with E-state index in [1.807, 2.05) is 21.8 Å². The normalized spacial score (nSPS) is 23.2. The number of likely N-dealkylation sites (tertiary alicyclic amines) is 1. The van der Waals surface area contributed by atoms with Crippen molar-refractivity contribution in [2.45, 2.75) is 64.0 Å². The van der Waals surface area contributed by atoms with Crippen LogP contribution in [-0.4, -0.2) is 40.2 Å². The monoisotopic (exact) mass is 380 g/mol. The van der Waals surface area contributed by atoms with Crippen LogP contribution < -0.4 is 5.32 Å². The molecule has 5 nitrogen and oxygen atoms in total. The van der Waals surface area contributed by atoms with Gasteiger partial charge in [0.05, 0.1) is 12.1 Å². The number of nitrogens with one attached hydrogen (secondary N) is 1. The highest BCUT2D eigenvalue weighted by Gasteiger charge is 2.32. The number of amides is 1. The van der Waals surface area contributed by atoms with Crippen LogP contribution in [0.3, 0.4) is 0 Å². The van der Waals surface area contributed by atoms with Crippen LogP contribution in [-0.2, 0) is 5.41 Å². The maximum Gasteiger partial charge on any atom is 0.274 e. The zero-order valence-electron chi connectivity index (χ0n) is 17.3. The summed E-state index contributed by atoms with van der Waals surface area (Å²) in [4.78, 5) is 15.2. The minimum absolute atomic E-state index is 0.0601. The van der Waals surface area contributed by atoms with Crippen molar-refractivity contribution in [1.82, 2.24) is 20.0 Å². The van der Waals surface area contributed by atoms with Gasteiger partial charge in [-0.3, -0.25) is 9.48 Å². The molecule has 0 bridgehead atoms. The third kappa shape index (κ3) is 3.86. The smallest absolute Gasteiger partial charge is 0.274 e. The first-order valence-electron chi connectivity index (χ1n) is 10.6. The van der Waals surface area contributed by atoms with Gasteiger partial charge in [-0.25, -0.2) is 0 Å². The highest BCUT2D eigenvalue weighted by atomic mass is 16.2. The second-order valence-corrected chi connectivity index (χ2v) is 9.21. The van der Waals surface area contributed by atoms with Crippen molar-refractivity contribution in [1.29, 1.82) is 0 Å². The van der Waals surface area contributed by atoms with Crippen molar-refractivity contribution in [2.24, 2.45) is 0 Å². The first-order chi connectivity index (χ1) is 13.4. The summed E-state index contributed by atoms with van der Waals surface area (Å²) >= 11 is 0. The van der Waals surface area contributed by atoms with Gasteiger partial charge in [-0.15, -0.1) is 0 Å². The predicted molar refractivity (Wildman–Crippen MR) is 112 cm³/mol.